The van der Waals surface area contributed by atoms with E-state index in [-0.39, 0.29) is 0 Å². The number of aromatic nitrogens is 3. The predicted molar refractivity (Wildman–Crippen MR) is 221 cm³/mol. The van der Waals surface area contributed by atoms with Crippen LogP contribution in [-0.2, 0) is 0 Å². The van der Waals surface area contributed by atoms with Crippen LogP contribution in [0, 0.1) is 0 Å². The summed E-state index contributed by atoms with van der Waals surface area (Å²) in [5, 5.41) is 4.28. The first kappa shape index (κ1) is 31.4. The molecule has 254 valence electrons. The molecule has 0 aliphatic carbocycles. The van der Waals surface area contributed by atoms with Gasteiger partial charge in [0.1, 0.15) is 11.2 Å². The highest BCUT2D eigenvalue weighted by Gasteiger charge is 2.22. The zero-order valence-corrected chi connectivity index (χ0v) is 29.2. The van der Waals surface area contributed by atoms with Gasteiger partial charge in [0.2, 0.25) is 0 Å². The second-order valence-corrected chi connectivity index (χ2v) is 13.2. The van der Waals surface area contributed by atoms with Crippen molar-refractivity contribution in [2.24, 2.45) is 0 Å². The molecule has 0 saturated heterocycles. The summed E-state index contributed by atoms with van der Waals surface area (Å²) in [7, 11) is 0. The largest absolute Gasteiger partial charge is 0.455 e. The van der Waals surface area contributed by atoms with Gasteiger partial charge in [-0.15, -0.1) is 0 Å². The first-order valence-electron chi connectivity index (χ1n) is 18.0. The van der Waals surface area contributed by atoms with Crippen molar-refractivity contribution in [3.8, 4) is 45.3 Å². The molecule has 0 aliphatic rings. The Hall–Kier alpha value is -7.37. The first-order chi connectivity index (χ1) is 26.8. The zero-order chi connectivity index (χ0) is 35.8. The summed E-state index contributed by atoms with van der Waals surface area (Å²) in [4.78, 5) is 17.4. The lowest BCUT2D eigenvalue weighted by molar-refractivity contribution is 0.671. The van der Waals surface area contributed by atoms with Crippen LogP contribution in [-0.4, -0.2) is 15.0 Å². The van der Waals surface area contributed by atoms with E-state index in [9.17, 15) is 0 Å². The second kappa shape index (κ2) is 13.3. The Labute approximate surface area is 312 Å². The van der Waals surface area contributed by atoms with E-state index in [1.54, 1.807) is 0 Å². The summed E-state index contributed by atoms with van der Waals surface area (Å²) < 4.78 is 7.03. The highest BCUT2D eigenvalue weighted by molar-refractivity contribution is 6.23. The normalized spacial score (nSPS) is 11.3. The minimum atomic E-state index is 0.560. The fourth-order valence-corrected chi connectivity index (χ4v) is 7.36. The Morgan fingerprint density at radius 1 is 0.352 bits per heavy atom. The molecular weight excluding hydrogens is 661 g/mol. The van der Waals surface area contributed by atoms with Crippen molar-refractivity contribution in [3.63, 3.8) is 0 Å². The average Bonchev–Trinajstić information content (AvgIpc) is 3.65. The summed E-state index contributed by atoms with van der Waals surface area (Å²) in [6.45, 7) is 0. The van der Waals surface area contributed by atoms with Crippen molar-refractivity contribution in [1.29, 1.82) is 0 Å². The van der Waals surface area contributed by atoms with Gasteiger partial charge in [0.05, 0.1) is 5.56 Å². The molecule has 5 heteroatoms. The van der Waals surface area contributed by atoms with Crippen molar-refractivity contribution in [1.82, 2.24) is 15.0 Å². The molecule has 0 saturated carbocycles. The molecule has 0 amide bonds. The van der Waals surface area contributed by atoms with Gasteiger partial charge < -0.3 is 9.32 Å². The molecule has 10 rings (SSSR count). The quantitative estimate of drug-likeness (QED) is 0.166. The van der Waals surface area contributed by atoms with Gasteiger partial charge in [-0.25, -0.2) is 15.0 Å². The van der Waals surface area contributed by atoms with Crippen molar-refractivity contribution >= 4 is 49.8 Å². The van der Waals surface area contributed by atoms with Crippen molar-refractivity contribution < 1.29 is 4.42 Å². The van der Waals surface area contributed by atoms with Gasteiger partial charge in [-0.3, -0.25) is 0 Å². The minimum absolute atomic E-state index is 0.560. The number of furan rings is 1. The van der Waals surface area contributed by atoms with Crippen LogP contribution in [0.1, 0.15) is 0 Å². The third kappa shape index (κ3) is 5.56. The number of hydrogen-bond acceptors (Lipinski definition) is 5. The molecule has 0 fully saturated rings. The SMILES string of the molecule is c1ccc(-c2nc(-c3ccccc3)nc(-c3cc4ccccc4c4c3oc3c(-c5ccc(N(c6ccccc6)c6ccccc6)cc5)cccc34)n2)cc1. The summed E-state index contributed by atoms with van der Waals surface area (Å²) in [5.74, 6) is 1.78. The summed E-state index contributed by atoms with van der Waals surface area (Å²) in [6, 6.07) is 66.8. The highest BCUT2D eigenvalue weighted by atomic mass is 16.3. The van der Waals surface area contributed by atoms with E-state index in [1.165, 1.54) is 0 Å². The van der Waals surface area contributed by atoms with Crippen LogP contribution in [0.5, 0.6) is 0 Å². The average molecular weight is 693 g/mol. The molecule has 2 aromatic heterocycles. The number of anilines is 3. The van der Waals surface area contributed by atoms with E-state index < -0.39 is 0 Å². The van der Waals surface area contributed by atoms with Gasteiger partial charge in [0, 0.05) is 44.5 Å². The van der Waals surface area contributed by atoms with Gasteiger partial charge >= 0.3 is 0 Å². The van der Waals surface area contributed by atoms with Gasteiger partial charge in [-0.05, 0) is 58.8 Å². The van der Waals surface area contributed by atoms with E-state index in [0.29, 0.717) is 17.5 Å². The summed E-state index contributed by atoms with van der Waals surface area (Å²) in [5.41, 5.74) is 9.57. The molecule has 5 nitrogen and oxygen atoms in total. The number of para-hydroxylation sites is 3. The van der Waals surface area contributed by atoms with Crippen LogP contribution in [0.4, 0.5) is 17.1 Å². The van der Waals surface area contributed by atoms with Gasteiger partial charge in [-0.1, -0.05) is 152 Å². The van der Waals surface area contributed by atoms with Crippen LogP contribution < -0.4 is 4.90 Å². The molecule has 8 aromatic carbocycles. The van der Waals surface area contributed by atoms with E-state index in [1.807, 2.05) is 72.8 Å². The van der Waals surface area contributed by atoms with E-state index in [4.69, 9.17) is 19.4 Å². The third-order valence-corrected chi connectivity index (χ3v) is 9.90. The zero-order valence-electron chi connectivity index (χ0n) is 29.2. The smallest absolute Gasteiger partial charge is 0.167 e. The summed E-state index contributed by atoms with van der Waals surface area (Å²) in [6.07, 6.45) is 0. The van der Waals surface area contributed by atoms with Crippen LogP contribution in [0.2, 0.25) is 0 Å². The van der Waals surface area contributed by atoms with Crippen molar-refractivity contribution in [2.45, 2.75) is 0 Å². The number of benzene rings is 8. The lowest BCUT2D eigenvalue weighted by Gasteiger charge is -2.25. The number of rotatable bonds is 7. The Balaban J connectivity index is 1.16. The van der Waals surface area contributed by atoms with Crippen LogP contribution in [0.3, 0.4) is 0 Å². The van der Waals surface area contributed by atoms with Crippen molar-refractivity contribution in [3.05, 3.63) is 194 Å². The first-order valence-corrected chi connectivity index (χ1v) is 18.0. The molecule has 0 atom stereocenters. The predicted octanol–water partition coefficient (Wildman–Crippen LogP) is 13.1. The maximum Gasteiger partial charge on any atom is 0.167 e. The molecule has 0 bridgehead atoms. The Morgan fingerprint density at radius 3 is 1.46 bits per heavy atom. The van der Waals surface area contributed by atoms with E-state index in [0.717, 1.165) is 77.6 Å². The number of nitrogens with zero attached hydrogens (tertiary/aromatic N) is 4. The lowest BCUT2D eigenvalue weighted by Crippen LogP contribution is -2.09. The van der Waals surface area contributed by atoms with Gasteiger partial charge in [0.15, 0.2) is 17.5 Å². The molecule has 10 aromatic rings. The molecule has 0 unspecified atom stereocenters. The molecule has 0 N–H and O–H groups in total. The van der Waals surface area contributed by atoms with E-state index >= 15 is 0 Å². The van der Waals surface area contributed by atoms with Crippen molar-refractivity contribution in [2.75, 3.05) is 4.90 Å². The molecule has 2 heterocycles. The van der Waals surface area contributed by atoms with Crippen LogP contribution in [0.15, 0.2) is 199 Å². The topological polar surface area (TPSA) is 55.1 Å². The highest BCUT2D eigenvalue weighted by Crippen LogP contribution is 2.44. The molecule has 54 heavy (non-hydrogen) atoms. The van der Waals surface area contributed by atoms with Crippen LogP contribution in [0.25, 0.3) is 78.0 Å². The fourth-order valence-electron chi connectivity index (χ4n) is 7.36. The Kier molecular flexibility index (Phi) is 7.73. The fraction of sp³-hybridized carbons (Fsp3) is 0. The van der Waals surface area contributed by atoms with E-state index in [2.05, 4.69) is 126 Å². The lowest BCUT2D eigenvalue weighted by atomic mass is 9.97. The Bertz CT molecular complexity index is 2810. The molecule has 0 radical (unpaired) electrons. The summed E-state index contributed by atoms with van der Waals surface area (Å²) >= 11 is 0. The molecule has 0 aliphatic heterocycles. The molecular formula is C49H32N4O. The third-order valence-electron chi connectivity index (χ3n) is 9.90. The van der Waals surface area contributed by atoms with Crippen LogP contribution >= 0.6 is 0 Å². The maximum absolute atomic E-state index is 7.03. The van der Waals surface area contributed by atoms with Gasteiger partial charge in [-0.2, -0.15) is 0 Å². The second-order valence-electron chi connectivity index (χ2n) is 13.2. The molecule has 0 spiro atoms. The maximum atomic E-state index is 7.03. The minimum Gasteiger partial charge on any atom is -0.455 e. The standard InChI is InChI=1S/C49H32N4O/c1-5-16-34(17-6-1)47-50-48(35-18-7-2-8-19-35)52-49(51-47)43-32-36-20-13-14-25-40(36)44-42-27-15-26-41(45(42)54-46(43)44)33-28-30-39(31-29-33)53(37-21-9-3-10-22-37)38-23-11-4-12-24-38/h1-32H. The number of hydrogen-bond donors (Lipinski definition) is 0. The Morgan fingerprint density at radius 2 is 0.852 bits per heavy atom. The monoisotopic (exact) mass is 692 g/mol. The number of fused-ring (bicyclic) bond motifs is 5. The van der Waals surface area contributed by atoms with Gasteiger partial charge in [0.25, 0.3) is 0 Å².